The van der Waals surface area contributed by atoms with Crippen molar-refractivity contribution in [3.63, 3.8) is 0 Å². The van der Waals surface area contributed by atoms with E-state index in [2.05, 4.69) is 17.2 Å². The number of aromatic nitrogens is 1. The maximum Gasteiger partial charge on any atom is 0.123 e. The molecule has 1 atom stereocenters. The van der Waals surface area contributed by atoms with Gasteiger partial charge in [0, 0.05) is 18.4 Å². The van der Waals surface area contributed by atoms with Gasteiger partial charge in [0.2, 0.25) is 0 Å². The van der Waals surface area contributed by atoms with Gasteiger partial charge in [-0.15, -0.1) is 0 Å². The molecule has 0 saturated heterocycles. The van der Waals surface area contributed by atoms with Gasteiger partial charge >= 0.3 is 0 Å². The molecule has 2 aromatic rings. The molecule has 0 aliphatic carbocycles. The highest BCUT2D eigenvalue weighted by molar-refractivity contribution is 5.34. The van der Waals surface area contributed by atoms with Crippen molar-refractivity contribution in [1.29, 1.82) is 0 Å². The minimum atomic E-state index is -0.194. The molecule has 1 aromatic carbocycles. The molecule has 0 amide bonds. The van der Waals surface area contributed by atoms with Gasteiger partial charge in [0.1, 0.15) is 5.82 Å². The van der Waals surface area contributed by atoms with Crippen molar-refractivity contribution >= 4 is 0 Å². The Kier molecular flexibility index (Phi) is 4.05. The summed E-state index contributed by atoms with van der Waals surface area (Å²) < 4.78 is 13.4. The van der Waals surface area contributed by atoms with E-state index in [-0.39, 0.29) is 11.9 Å². The van der Waals surface area contributed by atoms with E-state index >= 15 is 0 Å². The molecule has 18 heavy (non-hydrogen) atoms. The maximum absolute atomic E-state index is 13.4. The number of pyridine rings is 1. The van der Waals surface area contributed by atoms with Crippen LogP contribution in [-0.2, 0) is 6.42 Å². The third-order valence-corrected chi connectivity index (χ3v) is 3.12. The van der Waals surface area contributed by atoms with Gasteiger partial charge in [-0.2, -0.15) is 0 Å². The molecule has 0 spiro atoms. The molecule has 3 heteroatoms. The lowest BCUT2D eigenvalue weighted by atomic mass is 9.96. The van der Waals surface area contributed by atoms with Crippen LogP contribution in [0.4, 0.5) is 4.39 Å². The molecule has 0 saturated carbocycles. The van der Waals surface area contributed by atoms with Crippen molar-refractivity contribution in [2.45, 2.75) is 19.4 Å². The number of hydrogen-bond donors (Lipinski definition) is 1. The molecule has 1 N–H and O–H groups in total. The summed E-state index contributed by atoms with van der Waals surface area (Å²) in [5.41, 5.74) is 3.22. The second-order valence-electron chi connectivity index (χ2n) is 4.39. The summed E-state index contributed by atoms with van der Waals surface area (Å²) in [5, 5.41) is 3.19. The Morgan fingerprint density at radius 2 is 2.17 bits per heavy atom. The molecule has 0 aliphatic heterocycles. The van der Waals surface area contributed by atoms with E-state index in [0.717, 1.165) is 16.7 Å². The average molecular weight is 244 g/mol. The van der Waals surface area contributed by atoms with Crippen LogP contribution in [0.2, 0.25) is 0 Å². The van der Waals surface area contributed by atoms with Gasteiger partial charge in [-0.25, -0.2) is 4.39 Å². The fourth-order valence-electron chi connectivity index (χ4n) is 2.03. The first-order valence-electron chi connectivity index (χ1n) is 6.05. The number of benzene rings is 1. The lowest BCUT2D eigenvalue weighted by molar-refractivity contribution is 0.613. The average Bonchev–Trinajstić information content (AvgIpc) is 2.39. The van der Waals surface area contributed by atoms with E-state index in [1.165, 1.54) is 6.07 Å². The summed E-state index contributed by atoms with van der Waals surface area (Å²) in [4.78, 5) is 4.09. The van der Waals surface area contributed by atoms with E-state index in [9.17, 15) is 4.39 Å². The Hall–Kier alpha value is -1.74. The minimum Gasteiger partial charge on any atom is -0.313 e. The van der Waals surface area contributed by atoms with Crippen LogP contribution in [0, 0.1) is 5.82 Å². The summed E-state index contributed by atoms with van der Waals surface area (Å²) >= 11 is 0. The number of nitrogens with one attached hydrogen (secondary N) is 1. The summed E-state index contributed by atoms with van der Waals surface area (Å²) in [5.74, 6) is -0.194. The highest BCUT2D eigenvalue weighted by atomic mass is 19.1. The molecule has 1 aromatic heterocycles. The Labute approximate surface area is 107 Å². The second-order valence-corrected chi connectivity index (χ2v) is 4.39. The molecule has 2 rings (SSSR count). The first-order chi connectivity index (χ1) is 8.70. The third kappa shape index (κ3) is 2.93. The Morgan fingerprint density at radius 3 is 2.83 bits per heavy atom. The topological polar surface area (TPSA) is 24.9 Å². The van der Waals surface area contributed by atoms with Crippen LogP contribution in [0.25, 0.3) is 0 Å². The first-order valence-corrected chi connectivity index (χ1v) is 6.05. The van der Waals surface area contributed by atoms with Crippen molar-refractivity contribution in [3.8, 4) is 0 Å². The van der Waals surface area contributed by atoms with Gasteiger partial charge in [-0.3, -0.25) is 4.98 Å². The summed E-state index contributed by atoms with van der Waals surface area (Å²) in [6, 6.07) is 9.08. The van der Waals surface area contributed by atoms with Gasteiger partial charge in [0.05, 0.1) is 0 Å². The predicted molar refractivity (Wildman–Crippen MR) is 70.9 cm³/mol. The second kappa shape index (κ2) is 5.74. The van der Waals surface area contributed by atoms with Crippen LogP contribution in [0.15, 0.2) is 42.7 Å². The summed E-state index contributed by atoms with van der Waals surface area (Å²) in [6.45, 7) is 2.07. The molecule has 0 aliphatic rings. The van der Waals surface area contributed by atoms with Gasteiger partial charge in [0.15, 0.2) is 0 Å². The molecular weight excluding hydrogens is 227 g/mol. The number of halogens is 1. The van der Waals surface area contributed by atoms with Crippen LogP contribution in [-0.4, -0.2) is 12.0 Å². The van der Waals surface area contributed by atoms with Crippen LogP contribution < -0.4 is 5.32 Å². The normalized spacial score (nSPS) is 12.4. The molecule has 2 nitrogen and oxygen atoms in total. The van der Waals surface area contributed by atoms with Crippen LogP contribution >= 0.6 is 0 Å². The summed E-state index contributed by atoms with van der Waals surface area (Å²) in [7, 11) is 1.90. The Balaban J connectivity index is 2.33. The van der Waals surface area contributed by atoms with Crippen molar-refractivity contribution in [3.05, 3.63) is 65.2 Å². The number of rotatable bonds is 4. The van der Waals surface area contributed by atoms with Crippen molar-refractivity contribution in [1.82, 2.24) is 10.3 Å². The van der Waals surface area contributed by atoms with E-state index in [1.54, 1.807) is 12.3 Å². The van der Waals surface area contributed by atoms with Gasteiger partial charge < -0.3 is 5.32 Å². The smallest absolute Gasteiger partial charge is 0.123 e. The largest absolute Gasteiger partial charge is 0.313 e. The maximum atomic E-state index is 13.4. The molecule has 94 valence electrons. The Morgan fingerprint density at radius 1 is 1.33 bits per heavy atom. The standard InChI is InChI=1S/C15H17FN2/c1-11(17-2)15-6-5-14(16)9-13(15)8-12-4-3-7-18-10-12/h3-7,9-11,17H,8H2,1-2H3. The fraction of sp³-hybridized carbons (Fsp3) is 0.267. The van der Waals surface area contributed by atoms with Crippen LogP contribution in [0.1, 0.15) is 29.7 Å². The van der Waals surface area contributed by atoms with E-state index in [1.807, 2.05) is 31.4 Å². The molecule has 0 radical (unpaired) electrons. The van der Waals surface area contributed by atoms with Gasteiger partial charge in [-0.1, -0.05) is 12.1 Å². The molecule has 1 unspecified atom stereocenters. The SMILES string of the molecule is CNC(C)c1ccc(F)cc1Cc1cccnc1. The van der Waals surface area contributed by atoms with Crippen LogP contribution in [0.3, 0.4) is 0 Å². The fourth-order valence-corrected chi connectivity index (χ4v) is 2.03. The minimum absolute atomic E-state index is 0.194. The summed E-state index contributed by atoms with van der Waals surface area (Å²) in [6.07, 6.45) is 4.26. The highest BCUT2D eigenvalue weighted by Crippen LogP contribution is 2.21. The monoisotopic (exact) mass is 244 g/mol. The Bertz CT molecular complexity index is 511. The van der Waals surface area contributed by atoms with Gasteiger partial charge in [0.25, 0.3) is 0 Å². The van der Waals surface area contributed by atoms with Crippen molar-refractivity contribution in [2.24, 2.45) is 0 Å². The van der Waals surface area contributed by atoms with E-state index < -0.39 is 0 Å². The first kappa shape index (κ1) is 12.7. The molecule has 0 bridgehead atoms. The zero-order valence-electron chi connectivity index (χ0n) is 10.7. The quantitative estimate of drug-likeness (QED) is 0.894. The van der Waals surface area contributed by atoms with E-state index in [4.69, 9.17) is 0 Å². The lowest BCUT2D eigenvalue weighted by Crippen LogP contribution is -2.14. The van der Waals surface area contributed by atoms with Crippen LogP contribution in [0.5, 0.6) is 0 Å². The lowest BCUT2D eigenvalue weighted by Gasteiger charge is -2.16. The van der Waals surface area contributed by atoms with Crippen molar-refractivity contribution < 1.29 is 4.39 Å². The third-order valence-electron chi connectivity index (χ3n) is 3.12. The zero-order chi connectivity index (χ0) is 13.0. The van der Waals surface area contributed by atoms with E-state index in [0.29, 0.717) is 6.42 Å². The zero-order valence-corrected chi connectivity index (χ0v) is 10.7. The molecule has 1 heterocycles. The molecule has 0 fully saturated rings. The highest BCUT2D eigenvalue weighted by Gasteiger charge is 2.10. The number of nitrogens with zero attached hydrogens (tertiary/aromatic N) is 1. The van der Waals surface area contributed by atoms with Crippen molar-refractivity contribution in [2.75, 3.05) is 7.05 Å². The van der Waals surface area contributed by atoms with Gasteiger partial charge in [-0.05, 0) is 55.3 Å². The number of hydrogen-bond acceptors (Lipinski definition) is 2. The molecular formula is C15H17FN2. The predicted octanol–water partition coefficient (Wildman–Crippen LogP) is 3.09.